The molecule has 0 spiro atoms. The summed E-state index contributed by atoms with van der Waals surface area (Å²) in [6.07, 6.45) is 3.73. The fourth-order valence-electron chi connectivity index (χ4n) is 3.33. The predicted octanol–water partition coefficient (Wildman–Crippen LogP) is 3.50. The summed E-state index contributed by atoms with van der Waals surface area (Å²) in [6, 6.07) is 13.5. The summed E-state index contributed by atoms with van der Waals surface area (Å²) in [5, 5.41) is 0. The fraction of sp³-hybridized carbons (Fsp3) is 0.409. The number of ether oxygens (including phenoxy) is 3. The van der Waals surface area contributed by atoms with Gasteiger partial charge in [-0.25, -0.2) is 13.2 Å². The highest BCUT2D eigenvalue weighted by Gasteiger charge is 2.27. The van der Waals surface area contributed by atoms with E-state index in [-0.39, 0.29) is 29.4 Å². The van der Waals surface area contributed by atoms with Crippen LogP contribution in [0.4, 0.5) is 0 Å². The quantitative estimate of drug-likeness (QED) is 0.468. The Hall–Kier alpha value is -2.58. The van der Waals surface area contributed by atoms with Crippen molar-refractivity contribution in [1.82, 2.24) is 4.31 Å². The maximum atomic E-state index is 13.0. The molecular formula is C22H27NO6S. The highest BCUT2D eigenvalue weighted by Crippen LogP contribution is 2.26. The van der Waals surface area contributed by atoms with Crippen LogP contribution in [0, 0.1) is 0 Å². The number of rotatable bonds is 8. The zero-order valence-corrected chi connectivity index (χ0v) is 17.9. The second-order valence-electron chi connectivity index (χ2n) is 6.98. The van der Waals surface area contributed by atoms with Gasteiger partial charge in [0.2, 0.25) is 10.0 Å². The SMILES string of the molecule is COc1ccc(S(=O)(=O)N2CCCCCC2)cc1C(=O)OCCOc1ccccc1. The molecule has 0 radical (unpaired) electrons. The summed E-state index contributed by atoms with van der Waals surface area (Å²) in [7, 11) is -2.26. The molecule has 162 valence electrons. The van der Waals surface area contributed by atoms with Crippen LogP contribution in [0.2, 0.25) is 0 Å². The molecule has 2 aromatic rings. The van der Waals surface area contributed by atoms with Crippen LogP contribution < -0.4 is 9.47 Å². The van der Waals surface area contributed by atoms with Crippen molar-refractivity contribution in [2.75, 3.05) is 33.4 Å². The smallest absolute Gasteiger partial charge is 0.342 e. The Morgan fingerprint density at radius 3 is 2.33 bits per heavy atom. The Morgan fingerprint density at radius 2 is 1.67 bits per heavy atom. The summed E-state index contributed by atoms with van der Waals surface area (Å²) in [6.45, 7) is 1.19. The first-order valence-corrected chi connectivity index (χ1v) is 11.5. The minimum Gasteiger partial charge on any atom is -0.496 e. The van der Waals surface area contributed by atoms with Gasteiger partial charge in [0.05, 0.1) is 12.0 Å². The molecule has 0 saturated carbocycles. The number of sulfonamides is 1. The fourth-order valence-corrected chi connectivity index (χ4v) is 4.87. The van der Waals surface area contributed by atoms with Gasteiger partial charge in [-0.3, -0.25) is 0 Å². The topological polar surface area (TPSA) is 82.1 Å². The number of carbonyl (C=O) groups is 1. The van der Waals surface area contributed by atoms with Crippen LogP contribution in [0.25, 0.3) is 0 Å². The molecule has 1 heterocycles. The molecule has 0 bridgehead atoms. The van der Waals surface area contributed by atoms with Crippen LogP contribution in [0.1, 0.15) is 36.0 Å². The lowest BCUT2D eigenvalue weighted by Crippen LogP contribution is -2.32. The first-order valence-electron chi connectivity index (χ1n) is 10.1. The number of hydrogen-bond acceptors (Lipinski definition) is 6. The monoisotopic (exact) mass is 433 g/mol. The summed E-state index contributed by atoms with van der Waals surface area (Å²) >= 11 is 0. The van der Waals surface area contributed by atoms with Crippen LogP contribution in [-0.2, 0) is 14.8 Å². The number of hydrogen-bond donors (Lipinski definition) is 0. The van der Waals surface area contributed by atoms with E-state index in [0.717, 1.165) is 25.7 Å². The molecule has 0 amide bonds. The lowest BCUT2D eigenvalue weighted by Gasteiger charge is -2.20. The van der Waals surface area contributed by atoms with Crippen molar-refractivity contribution >= 4 is 16.0 Å². The predicted molar refractivity (Wildman–Crippen MR) is 112 cm³/mol. The Bertz CT molecular complexity index is 937. The van der Waals surface area contributed by atoms with Crippen molar-refractivity contribution in [2.45, 2.75) is 30.6 Å². The van der Waals surface area contributed by atoms with Gasteiger partial charge in [-0.05, 0) is 43.2 Å². The van der Waals surface area contributed by atoms with Gasteiger partial charge in [-0.1, -0.05) is 31.0 Å². The van der Waals surface area contributed by atoms with Gasteiger partial charge in [0.1, 0.15) is 30.3 Å². The number of nitrogens with zero attached hydrogens (tertiary/aromatic N) is 1. The van der Waals surface area contributed by atoms with E-state index < -0.39 is 16.0 Å². The van der Waals surface area contributed by atoms with E-state index in [1.807, 2.05) is 30.3 Å². The molecule has 0 unspecified atom stereocenters. The second-order valence-corrected chi connectivity index (χ2v) is 8.92. The van der Waals surface area contributed by atoms with Gasteiger partial charge >= 0.3 is 5.97 Å². The van der Waals surface area contributed by atoms with E-state index in [2.05, 4.69) is 0 Å². The Balaban J connectivity index is 1.69. The molecule has 1 saturated heterocycles. The molecule has 30 heavy (non-hydrogen) atoms. The molecule has 1 aliphatic heterocycles. The van der Waals surface area contributed by atoms with Crippen LogP contribution in [0.3, 0.4) is 0 Å². The van der Waals surface area contributed by atoms with E-state index in [1.54, 1.807) is 0 Å². The largest absolute Gasteiger partial charge is 0.496 e. The minimum atomic E-state index is -3.68. The number of methoxy groups -OCH3 is 1. The first-order chi connectivity index (χ1) is 14.5. The molecule has 7 nitrogen and oxygen atoms in total. The van der Waals surface area contributed by atoms with Crippen LogP contribution in [0.5, 0.6) is 11.5 Å². The maximum Gasteiger partial charge on any atom is 0.342 e. The van der Waals surface area contributed by atoms with Crippen LogP contribution >= 0.6 is 0 Å². The van der Waals surface area contributed by atoms with Gasteiger partial charge < -0.3 is 14.2 Å². The number of benzene rings is 2. The molecule has 2 aromatic carbocycles. The van der Waals surface area contributed by atoms with Crippen molar-refractivity contribution in [1.29, 1.82) is 0 Å². The zero-order valence-electron chi connectivity index (χ0n) is 17.1. The molecule has 0 aromatic heterocycles. The molecule has 3 rings (SSSR count). The Morgan fingerprint density at radius 1 is 0.967 bits per heavy atom. The van der Waals surface area contributed by atoms with Crippen molar-refractivity contribution in [3.63, 3.8) is 0 Å². The molecule has 0 N–H and O–H groups in total. The van der Waals surface area contributed by atoms with Crippen molar-refractivity contribution in [3.05, 3.63) is 54.1 Å². The molecule has 1 fully saturated rings. The van der Waals surface area contributed by atoms with E-state index in [1.165, 1.54) is 29.6 Å². The van der Waals surface area contributed by atoms with Crippen molar-refractivity contribution in [3.8, 4) is 11.5 Å². The third-order valence-electron chi connectivity index (χ3n) is 4.92. The van der Waals surface area contributed by atoms with Gasteiger partial charge in [-0.15, -0.1) is 0 Å². The number of esters is 1. The lowest BCUT2D eigenvalue weighted by atomic mass is 10.2. The number of carbonyl (C=O) groups excluding carboxylic acids is 1. The summed E-state index contributed by atoms with van der Waals surface area (Å²) in [5.74, 6) is 0.284. The average molecular weight is 434 g/mol. The van der Waals surface area contributed by atoms with Gasteiger partial charge in [0, 0.05) is 13.1 Å². The van der Waals surface area contributed by atoms with Crippen molar-refractivity contribution < 1.29 is 27.4 Å². The Labute approximate surface area is 177 Å². The molecule has 8 heteroatoms. The standard InChI is InChI=1S/C22H27NO6S/c1-27-21-12-11-19(30(25,26)23-13-7-2-3-8-14-23)17-20(21)22(24)29-16-15-28-18-9-5-4-6-10-18/h4-6,9-12,17H,2-3,7-8,13-16H2,1H3. The summed E-state index contributed by atoms with van der Waals surface area (Å²) in [5.41, 5.74) is 0.0770. The third kappa shape index (κ3) is 5.52. The maximum absolute atomic E-state index is 13.0. The highest BCUT2D eigenvalue weighted by molar-refractivity contribution is 7.89. The molecule has 0 aliphatic carbocycles. The van der Waals surface area contributed by atoms with E-state index in [9.17, 15) is 13.2 Å². The van der Waals surface area contributed by atoms with E-state index in [0.29, 0.717) is 18.8 Å². The second kappa shape index (κ2) is 10.4. The summed E-state index contributed by atoms with van der Waals surface area (Å²) < 4.78 is 43.6. The average Bonchev–Trinajstić information content (AvgIpc) is 3.07. The summed E-state index contributed by atoms with van der Waals surface area (Å²) in [4.78, 5) is 12.6. The molecular weight excluding hydrogens is 406 g/mol. The van der Waals surface area contributed by atoms with Crippen molar-refractivity contribution in [2.24, 2.45) is 0 Å². The number of para-hydroxylation sites is 1. The Kier molecular flexibility index (Phi) is 7.70. The minimum absolute atomic E-state index is 0.0278. The zero-order chi connectivity index (χ0) is 21.4. The van der Waals surface area contributed by atoms with Crippen LogP contribution in [0.15, 0.2) is 53.4 Å². The first kappa shape index (κ1) is 22.1. The molecule has 0 atom stereocenters. The van der Waals surface area contributed by atoms with Gasteiger partial charge in [0.15, 0.2) is 0 Å². The lowest BCUT2D eigenvalue weighted by molar-refractivity contribution is 0.0446. The van der Waals surface area contributed by atoms with E-state index in [4.69, 9.17) is 14.2 Å². The highest BCUT2D eigenvalue weighted by atomic mass is 32.2. The normalized spacial score (nSPS) is 15.2. The van der Waals surface area contributed by atoms with Gasteiger partial charge in [-0.2, -0.15) is 4.31 Å². The third-order valence-corrected chi connectivity index (χ3v) is 6.82. The van der Waals surface area contributed by atoms with Gasteiger partial charge in [0.25, 0.3) is 0 Å². The molecule has 1 aliphatic rings. The van der Waals surface area contributed by atoms with Crippen LogP contribution in [-0.4, -0.2) is 52.1 Å². The van der Waals surface area contributed by atoms with E-state index >= 15 is 0 Å².